The molecule has 3 aromatic carbocycles. The number of nitrogens with zero attached hydrogens (tertiary/aromatic N) is 2. The number of aryl methyl sites for hydroxylation is 2. The summed E-state index contributed by atoms with van der Waals surface area (Å²) in [5.41, 5.74) is 12.4. The average Bonchev–Trinajstić information content (AvgIpc) is 3.55. The van der Waals surface area contributed by atoms with E-state index >= 15 is 0 Å². The van der Waals surface area contributed by atoms with Gasteiger partial charge in [-0.05, 0) is 77.7 Å². The van der Waals surface area contributed by atoms with Gasteiger partial charge >= 0.3 is 0 Å². The van der Waals surface area contributed by atoms with Crippen molar-refractivity contribution in [2.75, 3.05) is 0 Å². The van der Waals surface area contributed by atoms with Crippen LogP contribution >= 0.6 is 11.5 Å². The van der Waals surface area contributed by atoms with Gasteiger partial charge in [0.1, 0.15) is 5.52 Å². The molecule has 3 heteroatoms. The van der Waals surface area contributed by atoms with Gasteiger partial charge in [-0.15, -0.1) is 5.10 Å². The van der Waals surface area contributed by atoms with Crippen LogP contribution in [-0.2, 0) is 5.41 Å². The summed E-state index contributed by atoms with van der Waals surface area (Å²) in [5, 5.41) is 4.46. The van der Waals surface area contributed by atoms with Crippen LogP contribution in [0.2, 0.25) is 0 Å². The zero-order chi connectivity index (χ0) is 28.0. The predicted octanol–water partition coefficient (Wildman–Crippen LogP) is 11.7. The van der Waals surface area contributed by atoms with Crippen LogP contribution < -0.4 is 0 Å². The molecule has 0 N–H and O–H groups in total. The molecule has 212 valence electrons. The molecule has 1 aliphatic rings. The minimum atomic E-state index is 0.109. The fraction of sp³-hybridized carbons (Fsp3) is 0.514. The topological polar surface area (TPSA) is 25.8 Å². The molecule has 0 fully saturated rings. The number of hydrogen-bond acceptors (Lipinski definition) is 3. The molecule has 0 saturated heterocycles. The minimum absolute atomic E-state index is 0.109. The van der Waals surface area contributed by atoms with Crippen LogP contribution in [-0.4, -0.2) is 9.59 Å². The summed E-state index contributed by atoms with van der Waals surface area (Å²) >= 11 is 1.53. The molecule has 0 bridgehead atoms. The first-order valence-corrected chi connectivity index (χ1v) is 16.8. The highest BCUT2D eigenvalue weighted by Gasteiger charge is 2.42. The van der Waals surface area contributed by atoms with Gasteiger partial charge in [-0.3, -0.25) is 0 Å². The Morgan fingerprint density at radius 2 is 1.20 bits per heavy atom. The minimum Gasteiger partial charge on any atom is -0.138 e. The van der Waals surface area contributed by atoms with Crippen molar-refractivity contribution in [2.45, 2.75) is 123 Å². The van der Waals surface area contributed by atoms with E-state index in [1.165, 1.54) is 140 Å². The highest BCUT2D eigenvalue weighted by molar-refractivity contribution is 7.13. The molecule has 0 spiro atoms. The van der Waals surface area contributed by atoms with Gasteiger partial charge in [-0.1, -0.05) is 143 Å². The van der Waals surface area contributed by atoms with Crippen LogP contribution in [0.1, 0.15) is 126 Å². The van der Waals surface area contributed by atoms with Crippen molar-refractivity contribution in [3.05, 3.63) is 70.8 Å². The Hall–Kier alpha value is -2.52. The summed E-state index contributed by atoms with van der Waals surface area (Å²) in [6, 6.07) is 19.1. The molecule has 2 nitrogen and oxygen atoms in total. The van der Waals surface area contributed by atoms with Gasteiger partial charge in [0.2, 0.25) is 0 Å². The van der Waals surface area contributed by atoms with E-state index in [2.05, 4.69) is 85.8 Å². The molecule has 0 atom stereocenters. The van der Waals surface area contributed by atoms with E-state index in [1.54, 1.807) is 11.1 Å². The third-order valence-corrected chi connectivity index (χ3v) is 10.1. The number of benzene rings is 3. The number of fused-ring (bicyclic) bond motifs is 4. The normalized spacial score (nSPS) is 13.6. The van der Waals surface area contributed by atoms with E-state index in [9.17, 15) is 0 Å². The molecule has 5 rings (SSSR count). The van der Waals surface area contributed by atoms with Crippen LogP contribution in [0.15, 0.2) is 48.5 Å². The quantitative estimate of drug-likeness (QED) is 0.137. The lowest BCUT2D eigenvalue weighted by atomic mass is 9.70. The van der Waals surface area contributed by atoms with Crippen LogP contribution in [0, 0.1) is 13.8 Å². The van der Waals surface area contributed by atoms with Gasteiger partial charge in [-0.25, -0.2) is 0 Å². The molecule has 0 amide bonds. The largest absolute Gasteiger partial charge is 0.138 e. The maximum atomic E-state index is 4.46. The van der Waals surface area contributed by atoms with E-state index in [0.29, 0.717) is 0 Å². The van der Waals surface area contributed by atoms with Crippen molar-refractivity contribution in [1.29, 1.82) is 0 Å². The van der Waals surface area contributed by atoms with E-state index < -0.39 is 0 Å². The summed E-state index contributed by atoms with van der Waals surface area (Å²) < 4.78 is 5.54. The van der Waals surface area contributed by atoms with Gasteiger partial charge in [-0.2, -0.15) is 0 Å². The second kappa shape index (κ2) is 13.4. The Morgan fingerprint density at radius 3 is 1.88 bits per heavy atom. The average molecular weight is 553 g/mol. The zero-order valence-electron chi connectivity index (χ0n) is 25.3. The monoisotopic (exact) mass is 552 g/mol. The van der Waals surface area contributed by atoms with Crippen LogP contribution in [0.25, 0.3) is 32.5 Å². The lowest BCUT2D eigenvalue weighted by Gasteiger charge is -2.33. The van der Waals surface area contributed by atoms with Crippen molar-refractivity contribution in [1.82, 2.24) is 9.59 Å². The zero-order valence-corrected chi connectivity index (χ0v) is 26.1. The molecule has 0 radical (unpaired) electrons. The highest BCUT2D eigenvalue weighted by Crippen LogP contribution is 2.55. The standard InChI is InChI=1S/C37H48N2S/c1-5-7-9-11-13-15-23-37(24-16-14-12-10-8-6-2)33-25-27(3)17-20-31(33)32-22-19-29(26-34(32)37)30-21-18-28(4)35-36(30)40-39-38-35/h17-22,25-26H,5-16,23-24H2,1-4H3. The third-order valence-electron chi connectivity index (χ3n) is 9.35. The maximum absolute atomic E-state index is 4.46. The summed E-state index contributed by atoms with van der Waals surface area (Å²) in [6.07, 6.45) is 18.7. The maximum Gasteiger partial charge on any atom is 0.109 e. The Labute approximate surface area is 246 Å². The Balaban J connectivity index is 1.54. The number of unbranched alkanes of at least 4 members (excludes halogenated alkanes) is 10. The van der Waals surface area contributed by atoms with Crippen molar-refractivity contribution in [3.63, 3.8) is 0 Å². The van der Waals surface area contributed by atoms with Gasteiger partial charge in [0.25, 0.3) is 0 Å². The SMILES string of the molecule is CCCCCCCCC1(CCCCCCCC)c2cc(C)ccc2-c2ccc(-c3ccc(C)c4nnsc34)cc21. The molecule has 1 heterocycles. The Morgan fingerprint density at radius 1 is 0.625 bits per heavy atom. The first-order valence-electron chi connectivity index (χ1n) is 16.1. The third kappa shape index (κ3) is 5.91. The van der Waals surface area contributed by atoms with Crippen LogP contribution in [0.4, 0.5) is 0 Å². The Kier molecular flexibility index (Phi) is 9.73. The smallest absolute Gasteiger partial charge is 0.109 e. The first kappa shape index (κ1) is 29.0. The fourth-order valence-electron chi connectivity index (χ4n) is 7.07. The van der Waals surface area contributed by atoms with Crippen molar-refractivity contribution in [3.8, 4) is 22.3 Å². The summed E-state index contributed by atoms with van der Waals surface area (Å²) in [5.74, 6) is 0. The van der Waals surface area contributed by atoms with E-state index in [4.69, 9.17) is 0 Å². The second-order valence-electron chi connectivity index (χ2n) is 12.3. The molecule has 4 aromatic rings. The lowest BCUT2D eigenvalue weighted by Crippen LogP contribution is -2.25. The summed E-state index contributed by atoms with van der Waals surface area (Å²) in [6.45, 7) is 9.04. The molecule has 1 aliphatic carbocycles. The first-order chi connectivity index (χ1) is 19.6. The number of hydrogen-bond donors (Lipinski definition) is 0. The Bertz CT molecular complexity index is 1400. The predicted molar refractivity (Wildman–Crippen MR) is 175 cm³/mol. The van der Waals surface area contributed by atoms with Gasteiger partial charge in [0.05, 0.1) is 4.70 Å². The van der Waals surface area contributed by atoms with Crippen molar-refractivity contribution in [2.24, 2.45) is 0 Å². The molecule has 0 unspecified atom stereocenters. The lowest BCUT2D eigenvalue weighted by molar-refractivity contribution is 0.398. The molecular formula is C37H48N2S. The van der Waals surface area contributed by atoms with Gasteiger partial charge in [0.15, 0.2) is 0 Å². The van der Waals surface area contributed by atoms with E-state index in [1.807, 2.05) is 0 Å². The second-order valence-corrected chi connectivity index (χ2v) is 13.1. The van der Waals surface area contributed by atoms with E-state index in [0.717, 1.165) is 5.52 Å². The molecule has 40 heavy (non-hydrogen) atoms. The van der Waals surface area contributed by atoms with E-state index in [-0.39, 0.29) is 5.41 Å². The number of aromatic nitrogens is 2. The molecular weight excluding hydrogens is 504 g/mol. The highest BCUT2D eigenvalue weighted by atomic mass is 32.1. The molecule has 0 aliphatic heterocycles. The van der Waals surface area contributed by atoms with Crippen molar-refractivity contribution < 1.29 is 0 Å². The van der Waals surface area contributed by atoms with Gasteiger partial charge in [0, 0.05) is 11.0 Å². The summed E-state index contributed by atoms with van der Waals surface area (Å²) in [7, 11) is 0. The fourth-order valence-corrected chi connectivity index (χ4v) is 7.85. The molecule has 0 saturated carbocycles. The van der Waals surface area contributed by atoms with Crippen LogP contribution in [0.3, 0.4) is 0 Å². The van der Waals surface area contributed by atoms with Crippen molar-refractivity contribution >= 4 is 21.7 Å². The van der Waals surface area contributed by atoms with Crippen LogP contribution in [0.5, 0.6) is 0 Å². The summed E-state index contributed by atoms with van der Waals surface area (Å²) in [4.78, 5) is 0. The molecule has 1 aromatic heterocycles. The van der Waals surface area contributed by atoms with Gasteiger partial charge < -0.3 is 0 Å². The number of rotatable bonds is 15.